The molecule has 4 rings (SSSR count). The second-order valence-electron chi connectivity index (χ2n) is 10.2. The summed E-state index contributed by atoms with van der Waals surface area (Å²) in [6.07, 6.45) is 1.89. The molecule has 0 unspecified atom stereocenters. The van der Waals surface area contributed by atoms with Gasteiger partial charge in [0.25, 0.3) is 11.5 Å². The van der Waals surface area contributed by atoms with E-state index < -0.39 is 11.2 Å². The minimum Gasteiger partial charge on any atom is -0.344 e. The first-order valence-electron chi connectivity index (χ1n) is 12.4. The number of fused-ring (bicyclic) bond motifs is 1. The number of piperidine rings is 1. The second kappa shape index (κ2) is 10.0. The van der Waals surface area contributed by atoms with E-state index in [1.807, 2.05) is 24.0 Å². The van der Waals surface area contributed by atoms with Gasteiger partial charge in [0, 0.05) is 27.2 Å². The van der Waals surface area contributed by atoms with Gasteiger partial charge in [-0.1, -0.05) is 32.9 Å². The number of carbonyl (C=O) groups is 2. The SMILES string of the molecule is CCc1ccc(-n2c(=O)c3c(C)c(C(=O)N(C)C)sc3n(CC(=O)N3C[C@H](C)C[C@H](C)C3)c2=O)cc1. The number of aromatic nitrogens is 2. The second-order valence-corrected chi connectivity index (χ2v) is 11.2. The Morgan fingerprint density at radius 3 is 2.22 bits per heavy atom. The van der Waals surface area contributed by atoms with E-state index in [1.165, 1.54) is 9.47 Å². The first-order valence-corrected chi connectivity index (χ1v) is 13.2. The number of benzene rings is 1. The van der Waals surface area contributed by atoms with Gasteiger partial charge < -0.3 is 9.80 Å². The number of likely N-dealkylation sites (tertiary alicyclic amines) is 1. The van der Waals surface area contributed by atoms with E-state index in [0.29, 0.717) is 51.3 Å². The quantitative estimate of drug-likeness (QED) is 0.527. The third kappa shape index (κ3) is 4.64. The van der Waals surface area contributed by atoms with Gasteiger partial charge >= 0.3 is 5.69 Å². The number of rotatable bonds is 5. The van der Waals surface area contributed by atoms with Crippen molar-refractivity contribution in [3.63, 3.8) is 0 Å². The highest BCUT2D eigenvalue weighted by atomic mass is 32.1. The number of thiophene rings is 1. The number of nitrogens with zero attached hydrogens (tertiary/aromatic N) is 4. The molecule has 0 bridgehead atoms. The first-order chi connectivity index (χ1) is 17.0. The van der Waals surface area contributed by atoms with E-state index in [2.05, 4.69) is 13.8 Å². The van der Waals surface area contributed by atoms with Crippen LogP contribution in [0.3, 0.4) is 0 Å². The van der Waals surface area contributed by atoms with Crippen LogP contribution in [0.25, 0.3) is 15.9 Å². The Morgan fingerprint density at radius 2 is 1.67 bits per heavy atom. The summed E-state index contributed by atoms with van der Waals surface area (Å²) in [5, 5.41) is 0.303. The van der Waals surface area contributed by atoms with Gasteiger partial charge in [0.15, 0.2) is 0 Å². The predicted octanol–water partition coefficient (Wildman–Crippen LogP) is 3.29. The molecule has 1 aliphatic heterocycles. The Morgan fingerprint density at radius 1 is 1.06 bits per heavy atom. The molecule has 3 heterocycles. The normalized spacial score (nSPS) is 18.0. The summed E-state index contributed by atoms with van der Waals surface area (Å²) in [5.74, 6) is 0.369. The van der Waals surface area contributed by atoms with Gasteiger partial charge in [-0.2, -0.15) is 0 Å². The maximum absolute atomic E-state index is 13.8. The van der Waals surface area contributed by atoms with Crippen LogP contribution in [0.15, 0.2) is 33.9 Å². The summed E-state index contributed by atoms with van der Waals surface area (Å²) in [6.45, 7) is 9.13. The topological polar surface area (TPSA) is 84.6 Å². The van der Waals surface area contributed by atoms with Gasteiger partial charge in [-0.3, -0.25) is 19.0 Å². The van der Waals surface area contributed by atoms with Crippen molar-refractivity contribution in [2.75, 3.05) is 27.2 Å². The minimum absolute atomic E-state index is 0.158. The molecule has 2 aromatic heterocycles. The van der Waals surface area contributed by atoms with E-state index in [0.717, 1.165) is 34.3 Å². The van der Waals surface area contributed by atoms with Crippen LogP contribution in [-0.2, 0) is 17.8 Å². The Bertz CT molecular complexity index is 1420. The lowest BCUT2D eigenvalue weighted by Gasteiger charge is -2.35. The lowest BCUT2D eigenvalue weighted by molar-refractivity contribution is -0.134. The Hall–Kier alpha value is -3.20. The molecule has 8 nitrogen and oxygen atoms in total. The van der Waals surface area contributed by atoms with Crippen molar-refractivity contribution in [3.8, 4) is 5.69 Å². The van der Waals surface area contributed by atoms with E-state index >= 15 is 0 Å². The zero-order valence-electron chi connectivity index (χ0n) is 21.8. The lowest BCUT2D eigenvalue weighted by Crippen LogP contribution is -2.46. The van der Waals surface area contributed by atoms with E-state index in [9.17, 15) is 19.2 Å². The van der Waals surface area contributed by atoms with E-state index in [-0.39, 0.29) is 18.4 Å². The summed E-state index contributed by atoms with van der Waals surface area (Å²) in [6, 6.07) is 7.28. The Kier molecular flexibility index (Phi) is 7.22. The molecular weight excluding hydrogens is 476 g/mol. The highest BCUT2D eigenvalue weighted by Crippen LogP contribution is 2.29. The first kappa shape index (κ1) is 25.9. The predicted molar refractivity (Wildman–Crippen MR) is 143 cm³/mol. The summed E-state index contributed by atoms with van der Waals surface area (Å²) in [7, 11) is 3.30. The van der Waals surface area contributed by atoms with Gasteiger partial charge in [-0.05, 0) is 54.9 Å². The van der Waals surface area contributed by atoms with Crippen LogP contribution in [0.1, 0.15) is 48.0 Å². The van der Waals surface area contributed by atoms with Crippen LogP contribution in [-0.4, -0.2) is 57.9 Å². The fourth-order valence-electron chi connectivity index (χ4n) is 5.10. The molecule has 1 saturated heterocycles. The molecular formula is C27H34N4O4S. The van der Waals surface area contributed by atoms with E-state index in [1.54, 1.807) is 33.2 Å². The van der Waals surface area contributed by atoms with Crippen molar-refractivity contribution in [2.45, 2.75) is 47.1 Å². The highest BCUT2D eigenvalue weighted by Gasteiger charge is 2.29. The summed E-state index contributed by atoms with van der Waals surface area (Å²) >= 11 is 1.10. The molecule has 36 heavy (non-hydrogen) atoms. The van der Waals surface area contributed by atoms with Gasteiger partial charge in [0.2, 0.25) is 5.91 Å². The van der Waals surface area contributed by atoms with Crippen molar-refractivity contribution in [2.24, 2.45) is 11.8 Å². The molecule has 3 aromatic rings. The molecule has 1 fully saturated rings. The number of hydrogen-bond acceptors (Lipinski definition) is 5. The zero-order valence-corrected chi connectivity index (χ0v) is 22.6. The molecule has 0 N–H and O–H groups in total. The number of hydrogen-bond donors (Lipinski definition) is 0. The third-order valence-electron chi connectivity index (χ3n) is 6.93. The van der Waals surface area contributed by atoms with Crippen molar-refractivity contribution < 1.29 is 9.59 Å². The fourth-order valence-corrected chi connectivity index (χ4v) is 6.42. The van der Waals surface area contributed by atoms with Crippen molar-refractivity contribution >= 4 is 33.4 Å². The van der Waals surface area contributed by atoms with Crippen LogP contribution < -0.4 is 11.2 Å². The molecule has 0 aliphatic carbocycles. The molecule has 0 saturated carbocycles. The molecule has 1 aromatic carbocycles. The average Bonchev–Trinajstić information content (AvgIpc) is 3.18. The summed E-state index contributed by atoms with van der Waals surface area (Å²) in [4.78, 5) is 57.8. The standard InChI is InChI=1S/C27H34N4O4S/c1-7-19-8-10-20(11-9-19)31-24(33)22-18(4)23(25(34)28(5)6)36-26(22)30(27(31)35)15-21(32)29-13-16(2)12-17(3)14-29/h8-11,16-17H,7,12-15H2,1-6H3/t16-,17+. The number of aryl methyl sites for hydroxylation is 2. The monoisotopic (exact) mass is 510 g/mol. The highest BCUT2D eigenvalue weighted by molar-refractivity contribution is 7.20. The van der Waals surface area contributed by atoms with Gasteiger partial charge in [0.1, 0.15) is 11.4 Å². The maximum atomic E-state index is 13.8. The largest absolute Gasteiger partial charge is 0.344 e. The summed E-state index contributed by atoms with van der Waals surface area (Å²) in [5.41, 5.74) is 1.00. The molecule has 1 aliphatic rings. The van der Waals surface area contributed by atoms with Gasteiger partial charge in [-0.15, -0.1) is 11.3 Å². The lowest BCUT2D eigenvalue weighted by atomic mass is 9.92. The Balaban J connectivity index is 1.93. The van der Waals surface area contributed by atoms with Crippen LogP contribution in [0.2, 0.25) is 0 Å². The van der Waals surface area contributed by atoms with Crippen LogP contribution >= 0.6 is 11.3 Å². The molecule has 192 valence electrons. The van der Waals surface area contributed by atoms with Crippen LogP contribution in [0.5, 0.6) is 0 Å². The smallest absolute Gasteiger partial charge is 0.337 e. The van der Waals surface area contributed by atoms with Crippen molar-refractivity contribution in [1.29, 1.82) is 0 Å². The van der Waals surface area contributed by atoms with Gasteiger partial charge in [-0.25, -0.2) is 9.36 Å². The fraction of sp³-hybridized carbons (Fsp3) is 0.481. The van der Waals surface area contributed by atoms with Crippen LogP contribution in [0.4, 0.5) is 0 Å². The van der Waals surface area contributed by atoms with Gasteiger partial charge in [0.05, 0.1) is 16.0 Å². The average molecular weight is 511 g/mol. The molecule has 0 spiro atoms. The molecule has 0 radical (unpaired) electrons. The van der Waals surface area contributed by atoms with E-state index in [4.69, 9.17) is 0 Å². The zero-order chi connectivity index (χ0) is 26.3. The third-order valence-corrected chi connectivity index (χ3v) is 8.23. The van der Waals surface area contributed by atoms with Crippen LogP contribution in [0, 0.1) is 18.8 Å². The number of amides is 2. The molecule has 9 heteroatoms. The minimum atomic E-state index is -0.576. The van der Waals surface area contributed by atoms with Crippen molar-refractivity contribution in [1.82, 2.24) is 18.9 Å². The molecule has 2 atom stereocenters. The maximum Gasteiger partial charge on any atom is 0.337 e. The Labute approximate surface area is 214 Å². The summed E-state index contributed by atoms with van der Waals surface area (Å²) < 4.78 is 2.50. The molecule has 2 amide bonds. The van der Waals surface area contributed by atoms with Crippen molar-refractivity contribution in [3.05, 3.63) is 61.1 Å². The number of carbonyl (C=O) groups excluding carboxylic acids is 2.